The van der Waals surface area contributed by atoms with Gasteiger partial charge in [-0.1, -0.05) is 90.4 Å². The third-order valence-electron chi connectivity index (χ3n) is 7.25. The van der Waals surface area contributed by atoms with Crippen LogP contribution in [0.1, 0.15) is 143 Å². The number of aliphatic hydroxyl groups excluding tert-OH is 1. The second-order valence-corrected chi connectivity index (χ2v) is 11.1. The summed E-state index contributed by atoms with van der Waals surface area (Å²) >= 11 is 0. The van der Waals surface area contributed by atoms with Crippen molar-refractivity contribution in [2.24, 2.45) is 0 Å². The number of unbranched alkanes of at least 4 members (excludes halogenated alkanes) is 13. The van der Waals surface area contributed by atoms with Crippen LogP contribution in [-0.4, -0.2) is 59.8 Å². The fourth-order valence-electron chi connectivity index (χ4n) is 5.09. The average Bonchev–Trinajstić information content (AvgIpc) is 3.31. The second kappa shape index (κ2) is 21.9. The summed E-state index contributed by atoms with van der Waals surface area (Å²) in [6.45, 7) is 7.76. The fraction of sp³-hybridized carbons (Fsp3) is 0.933. The molecule has 0 saturated carbocycles. The standard InChI is InChI=1S/C30H58N2O4/c1-4-5-6-7-8-9-10-11-12-13-14-15-16-20-29(34)31-27(25-33)19-17-18-21-30(35)32-23-22-28(24-32)36-26(2)3/h26-28,33H,4-25H2,1-3H3,(H,31,34)/t27?,28-/m0/s1. The van der Waals surface area contributed by atoms with Gasteiger partial charge in [0.15, 0.2) is 0 Å². The Hall–Kier alpha value is -1.14. The molecule has 6 heteroatoms. The van der Waals surface area contributed by atoms with Crippen LogP contribution in [0.15, 0.2) is 0 Å². The van der Waals surface area contributed by atoms with E-state index in [2.05, 4.69) is 12.2 Å². The smallest absolute Gasteiger partial charge is 0.222 e. The Labute approximate surface area is 222 Å². The summed E-state index contributed by atoms with van der Waals surface area (Å²) < 4.78 is 5.82. The molecule has 0 bridgehead atoms. The van der Waals surface area contributed by atoms with Crippen molar-refractivity contribution in [1.82, 2.24) is 10.2 Å². The minimum absolute atomic E-state index is 0.0430. The summed E-state index contributed by atoms with van der Waals surface area (Å²) in [7, 11) is 0. The number of hydrogen-bond donors (Lipinski definition) is 2. The van der Waals surface area contributed by atoms with Crippen LogP contribution in [0.25, 0.3) is 0 Å². The molecule has 6 nitrogen and oxygen atoms in total. The maximum atomic E-state index is 12.4. The van der Waals surface area contributed by atoms with Crippen molar-refractivity contribution >= 4 is 11.8 Å². The van der Waals surface area contributed by atoms with Crippen molar-refractivity contribution in [3.05, 3.63) is 0 Å². The van der Waals surface area contributed by atoms with Crippen molar-refractivity contribution in [1.29, 1.82) is 0 Å². The first-order valence-corrected chi connectivity index (χ1v) is 15.3. The highest BCUT2D eigenvalue weighted by molar-refractivity contribution is 5.76. The highest BCUT2D eigenvalue weighted by atomic mass is 16.5. The summed E-state index contributed by atoms with van der Waals surface area (Å²) in [5, 5.41) is 12.6. The van der Waals surface area contributed by atoms with Gasteiger partial charge in [0, 0.05) is 25.9 Å². The van der Waals surface area contributed by atoms with E-state index in [1.165, 1.54) is 70.6 Å². The van der Waals surface area contributed by atoms with Gasteiger partial charge in [0.25, 0.3) is 0 Å². The van der Waals surface area contributed by atoms with Gasteiger partial charge >= 0.3 is 0 Å². The molecule has 1 aliphatic heterocycles. The van der Waals surface area contributed by atoms with Crippen molar-refractivity contribution < 1.29 is 19.4 Å². The highest BCUT2D eigenvalue weighted by Gasteiger charge is 2.27. The molecule has 0 aromatic rings. The zero-order valence-corrected chi connectivity index (χ0v) is 23.9. The third-order valence-corrected chi connectivity index (χ3v) is 7.25. The maximum Gasteiger partial charge on any atom is 0.222 e. The summed E-state index contributed by atoms with van der Waals surface area (Å²) in [6.07, 6.45) is 21.5. The molecule has 1 unspecified atom stereocenters. The molecule has 0 spiro atoms. The number of aliphatic hydroxyl groups is 1. The zero-order chi connectivity index (χ0) is 26.4. The summed E-state index contributed by atoms with van der Waals surface area (Å²) in [5.41, 5.74) is 0. The van der Waals surface area contributed by atoms with Gasteiger partial charge in [-0.25, -0.2) is 0 Å². The SMILES string of the molecule is CCCCCCCCCCCCCCCC(=O)NC(CO)CCCCC(=O)N1CC[C@H](OC(C)C)C1. The fourth-order valence-corrected chi connectivity index (χ4v) is 5.09. The van der Waals surface area contributed by atoms with Gasteiger partial charge in [-0.3, -0.25) is 9.59 Å². The molecule has 0 aromatic carbocycles. The Kier molecular flexibility index (Phi) is 20.0. The molecule has 1 rings (SSSR count). The molecule has 0 aliphatic carbocycles. The molecule has 1 fully saturated rings. The normalized spacial score (nSPS) is 16.6. The molecule has 2 N–H and O–H groups in total. The lowest BCUT2D eigenvalue weighted by molar-refractivity contribution is -0.131. The van der Waals surface area contributed by atoms with Crippen LogP contribution in [0.5, 0.6) is 0 Å². The predicted octanol–water partition coefficient (Wildman–Crippen LogP) is 6.53. The number of amides is 2. The Morgan fingerprint density at radius 3 is 1.97 bits per heavy atom. The first-order chi connectivity index (χ1) is 17.5. The Balaban J connectivity index is 1.97. The lowest BCUT2D eigenvalue weighted by atomic mass is 10.0. The predicted molar refractivity (Wildman–Crippen MR) is 149 cm³/mol. The van der Waals surface area contributed by atoms with Crippen LogP contribution < -0.4 is 5.32 Å². The first-order valence-electron chi connectivity index (χ1n) is 15.3. The Morgan fingerprint density at radius 1 is 0.861 bits per heavy atom. The van der Waals surface area contributed by atoms with Crippen LogP contribution in [0.3, 0.4) is 0 Å². The number of hydrogen-bond acceptors (Lipinski definition) is 4. The van der Waals surface area contributed by atoms with E-state index in [-0.39, 0.29) is 36.7 Å². The van der Waals surface area contributed by atoms with E-state index in [0.717, 1.165) is 38.6 Å². The van der Waals surface area contributed by atoms with Gasteiger partial charge in [0.05, 0.1) is 24.9 Å². The molecule has 2 atom stereocenters. The average molecular weight is 511 g/mol. The van der Waals surface area contributed by atoms with Gasteiger partial charge in [-0.15, -0.1) is 0 Å². The molecule has 1 saturated heterocycles. The molecule has 2 amide bonds. The van der Waals surface area contributed by atoms with E-state index in [4.69, 9.17) is 4.74 Å². The number of likely N-dealkylation sites (tertiary alicyclic amines) is 1. The quantitative estimate of drug-likeness (QED) is 0.153. The topological polar surface area (TPSA) is 78.9 Å². The van der Waals surface area contributed by atoms with Gasteiger partial charge in [-0.05, 0) is 39.5 Å². The molecule has 0 radical (unpaired) electrons. The van der Waals surface area contributed by atoms with E-state index in [9.17, 15) is 14.7 Å². The minimum Gasteiger partial charge on any atom is -0.394 e. The van der Waals surface area contributed by atoms with Crippen LogP contribution in [0.4, 0.5) is 0 Å². The van der Waals surface area contributed by atoms with E-state index in [0.29, 0.717) is 25.8 Å². The lowest BCUT2D eigenvalue weighted by Crippen LogP contribution is -2.37. The van der Waals surface area contributed by atoms with Crippen molar-refractivity contribution in [2.45, 2.75) is 161 Å². The van der Waals surface area contributed by atoms with E-state index in [1.54, 1.807) is 0 Å². The highest BCUT2D eigenvalue weighted by Crippen LogP contribution is 2.17. The monoisotopic (exact) mass is 510 g/mol. The van der Waals surface area contributed by atoms with E-state index >= 15 is 0 Å². The molecular weight excluding hydrogens is 452 g/mol. The molecule has 1 heterocycles. The van der Waals surface area contributed by atoms with Gasteiger partial charge in [-0.2, -0.15) is 0 Å². The van der Waals surface area contributed by atoms with Crippen LogP contribution in [0.2, 0.25) is 0 Å². The largest absolute Gasteiger partial charge is 0.394 e. The van der Waals surface area contributed by atoms with Gasteiger partial charge in [0.1, 0.15) is 0 Å². The zero-order valence-electron chi connectivity index (χ0n) is 23.9. The number of carbonyl (C=O) groups excluding carboxylic acids is 2. The number of carbonyl (C=O) groups is 2. The Morgan fingerprint density at radius 2 is 1.42 bits per heavy atom. The number of rotatable bonds is 23. The van der Waals surface area contributed by atoms with E-state index in [1.807, 2.05) is 18.7 Å². The van der Waals surface area contributed by atoms with E-state index < -0.39 is 0 Å². The minimum atomic E-state index is -0.204. The third kappa shape index (κ3) is 17.3. The second-order valence-electron chi connectivity index (χ2n) is 11.1. The lowest BCUT2D eigenvalue weighted by Gasteiger charge is -2.19. The summed E-state index contributed by atoms with van der Waals surface area (Å²) in [4.78, 5) is 26.6. The number of nitrogens with zero attached hydrogens (tertiary/aromatic N) is 1. The number of nitrogens with one attached hydrogen (secondary N) is 1. The molecule has 1 aliphatic rings. The van der Waals surface area contributed by atoms with Gasteiger partial charge < -0.3 is 20.1 Å². The van der Waals surface area contributed by atoms with Crippen LogP contribution in [-0.2, 0) is 14.3 Å². The van der Waals surface area contributed by atoms with Crippen molar-refractivity contribution in [3.8, 4) is 0 Å². The van der Waals surface area contributed by atoms with Crippen LogP contribution in [0, 0.1) is 0 Å². The number of ether oxygens (including phenoxy) is 1. The maximum absolute atomic E-state index is 12.4. The van der Waals surface area contributed by atoms with Crippen LogP contribution >= 0.6 is 0 Å². The molecule has 0 aromatic heterocycles. The van der Waals surface area contributed by atoms with Gasteiger partial charge in [0.2, 0.25) is 11.8 Å². The van der Waals surface area contributed by atoms with Crippen molar-refractivity contribution in [3.63, 3.8) is 0 Å². The summed E-state index contributed by atoms with van der Waals surface area (Å²) in [6, 6.07) is -0.204. The first kappa shape index (κ1) is 32.9. The summed E-state index contributed by atoms with van der Waals surface area (Å²) in [5.74, 6) is 0.235. The molecule has 36 heavy (non-hydrogen) atoms. The Bertz CT molecular complexity index is 555. The van der Waals surface area contributed by atoms with Crippen molar-refractivity contribution in [2.75, 3.05) is 19.7 Å². The molecular formula is C30H58N2O4. The molecule has 212 valence electrons.